The highest BCUT2D eigenvalue weighted by Gasteiger charge is 2.20. The van der Waals surface area contributed by atoms with E-state index in [1.807, 2.05) is 32.4 Å². The lowest BCUT2D eigenvalue weighted by molar-refractivity contribution is 0.579. The molecule has 108 valence electrons. The summed E-state index contributed by atoms with van der Waals surface area (Å²) in [6.45, 7) is 5.04. The number of aryl methyl sites for hydroxylation is 2. The molecule has 0 spiro atoms. The summed E-state index contributed by atoms with van der Waals surface area (Å²) in [5.41, 5.74) is 3.29. The van der Waals surface area contributed by atoms with Crippen molar-refractivity contribution in [2.24, 2.45) is 7.05 Å². The number of aromatic nitrogens is 3. The van der Waals surface area contributed by atoms with Crippen molar-refractivity contribution in [1.29, 1.82) is 0 Å². The number of hydrogen-bond acceptors (Lipinski definition) is 3. The molecule has 0 amide bonds. The summed E-state index contributed by atoms with van der Waals surface area (Å²) in [5.74, 6) is 1.02. The first-order valence-corrected chi connectivity index (χ1v) is 7.27. The van der Waals surface area contributed by atoms with Crippen LogP contribution < -0.4 is 5.32 Å². The second-order valence-corrected chi connectivity index (χ2v) is 5.26. The molecular formula is C17H20N4. The van der Waals surface area contributed by atoms with Crippen LogP contribution in [0, 0.1) is 6.92 Å². The Hall–Kier alpha value is -2.20. The van der Waals surface area contributed by atoms with Crippen LogP contribution in [0.4, 0.5) is 0 Å². The van der Waals surface area contributed by atoms with E-state index in [1.165, 1.54) is 10.9 Å². The van der Waals surface area contributed by atoms with E-state index in [4.69, 9.17) is 0 Å². The largest absolute Gasteiger partial charge is 0.336 e. The number of hydrogen-bond donors (Lipinski definition) is 1. The van der Waals surface area contributed by atoms with Crippen LogP contribution in [-0.4, -0.2) is 21.1 Å². The Morgan fingerprint density at radius 1 is 1.29 bits per heavy atom. The predicted octanol–water partition coefficient (Wildman–Crippen LogP) is 2.98. The van der Waals surface area contributed by atoms with Gasteiger partial charge in [-0.05, 0) is 31.2 Å². The molecule has 0 radical (unpaired) electrons. The number of fused-ring (bicyclic) bond motifs is 1. The summed E-state index contributed by atoms with van der Waals surface area (Å²) in [6, 6.07) is 10.5. The summed E-state index contributed by atoms with van der Waals surface area (Å²) < 4.78 is 2.07. The van der Waals surface area contributed by atoms with Gasteiger partial charge in [0.2, 0.25) is 0 Å². The zero-order valence-corrected chi connectivity index (χ0v) is 12.7. The number of benzene rings is 1. The molecule has 0 saturated carbocycles. The molecule has 4 heteroatoms. The molecule has 1 unspecified atom stereocenters. The fraction of sp³-hybridized carbons (Fsp3) is 0.294. The van der Waals surface area contributed by atoms with Gasteiger partial charge in [-0.2, -0.15) is 0 Å². The summed E-state index contributed by atoms with van der Waals surface area (Å²) >= 11 is 0. The van der Waals surface area contributed by atoms with Crippen molar-refractivity contribution in [3.05, 3.63) is 59.8 Å². The van der Waals surface area contributed by atoms with Gasteiger partial charge in [-0.15, -0.1) is 0 Å². The number of nitrogens with one attached hydrogen (secondary N) is 1. The van der Waals surface area contributed by atoms with Crippen LogP contribution in [0.3, 0.4) is 0 Å². The highest BCUT2D eigenvalue weighted by atomic mass is 15.1. The predicted molar refractivity (Wildman–Crippen MR) is 85.2 cm³/mol. The molecule has 1 N–H and O–H groups in total. The van der Waals surface area contributed by atoms with Crippen LogP contribution in [-0.2, 0) is 7.05 Å². The number of rotatable bonds is 4. The first kappa shape index (κ1) is 13.8. The minimum Gasteiger partial charge on any atom is -0.336 e. The van der Waals surface area contributed by atoms with Gasteiger partial charge in [0.15, 0.2) is 0 Å². The van der Waals surface area contributed by atoms with E-state index >= 15 is 0 Å². The molecule has 3 rings (SSSR count). The van der Waals surface area contributed by atoms with E-state index in [0.29, 0.717) is 0 Å². The van der Waals surface area contributed by atoms with Gasteiger partial charge in [0.1, 0.15) is 5.82 Å². The van der Waals surface area contributed by atoms with Crippen molar-refractivity contribution in [2.45, 2.75) is 19.9 Å². The average molecular weight is 280 g/mol. The normalized spacial score (nSPS) is 12.7. The minimum atomic E-state index is 0.0709. The smallest absolute Gasteiger partial charge is 0.130 e. The first-order valence-electron chi connectivity index (χ1n) is 7.27. The van der Waals surface area contributed by atoms with Crippen molar-refractivity contribution in [3.63, 3.8) is 0 Å². The zero-order valence-electron chi connectivity index (χ0n) is 12.7. The molecule has 0 saturated heterocycles. The molecule has 2 aromatic heterocycles. The molecule has 3 aromatic rings. The maximum atomic E-state index is 4.63. The monoisotopic (exact) mass is 280 g/mol. The van der Waals surface area contributed by atoms with E-state index in [2.05, 4.69) is 51.0 Å². The second-order valence-electron chi connectivity index (χ2n) is 5.26. The Morgan fingerprint density at radius 2 is 2.10 bits per heavy atom. The number of imidazole rings is 1. The Morgan fingerprint density at radius 3 is 2.81 bits per heavy atom. The molecular weight excluding hydrogens is 260 g/mol. The Kier molecular flexibility index (Phi) is 3.71. The molecule has 0 bridgehead atoms. The summed E-state index contributed by atoms with van der Waals surface area (Å²) in [5, 5.41) is 4.73. The molecule has 2 heterocycles. The van der Waals surface area contributed by atoms with Crippen molar-refractivity contribution >= 4 is 10.9 Å². The van der Waals surface area contributed by atoms with Gasteiger partial charge in [-0.25, -0.2) is 4.98 Å². The van der Waals surface area contributed by atoms with Crippen molar-refractivity contribution in [2.75, 3.05) is 6.54 Å². The number of para-hydroxylation sites is 1. The summed E-state index contributed by atoms with van der Waals surface area (Å²) in [6.07, 6.45) is 3.83. The van der Waals surface area contributed by atoms with E-state index in [0.717, 1.165) is 23.6 Å². The van der Waals surface area contributed by atoms with E-state index in [9.17, 15) is 0 Å². The quantitative estimate of drug-likeness (QED) is 0.799. The van der Waals surface area contributed by atoms with Gasteiger partial charge in [0, 0.05) is 30.5 Å². The van der Waals surface area contributed by atoms with Gasteiger partial charge in [0.25, 0.3) is 0 Å². The van der Waals surface area contributed by atoms with Gasteiger partial charge in [-0.3, -0.25) is 4.98 Å². The van der Waals surface area contributed by atoms with Crippen LogP contribution in [0.2, 0.25) is 0 Å². The molecule has 0 aliphatic heterocycles. The molecule has 21 heavy (non-hydrogen) atoms. The van der Waals surface area contributed by atoms with Gasteiger partial charge >= 0.3 is 0 Å². The van der Waals surface area contributed by atoms with Crippen LogP contribution in [0.1, 0.15) is 30.0 Å². The van der Waals surface area contributed by atoms with E-state index in [1.54, 1.807) is 0 Å². The highest BCUT2D eigenvalue weighted by Crippen LogP contribution is 2.28. The fourth-order valence-corrected chi connectivity index (χ4v) is 2.78. The van der Waals surface area contributed by atoms with Crippen molar-refractivity contribution in [1.82, 2.24) is 19.9 Å². The van der Waals surface area contributed by atoms with Gasteiger partial charge < -0.3 is 9.88 Å². The third-order valence-corrected chi connectivity index (χ3v) is 3.71. The standard InChI is InChI=1S/C17H20N4/c1-4-18-16(17-19-9-10-21(17)3)14-11-12(2)20-15-8-6-5-7-13(14)15/h5-11,16,18H,4H2,1-3H3. The van der Waals surface area contributed by atoms with Crippen LogP contribution >= 0.6 is 0 Å². The summed E-state index contributed by atoms with van der Waals surface area (Å²) in [7, 11) is 2.03. The zero-order chi connectivity index (χ0) is 14.8. The molecule has 1 atom stereocenters. The topological polar surface area (TPSA) is 42.7 Å². The molecule has 1 aromatic carbocycles. The molecule has 0 fully saturated rings. The molecule has 4 nitrogen and oxygen atoms in total. The first-order chi connectivity index (χ1) is 10.2. The van der Waals surface area contributed by atoms with Crippen LogP contribution in [0.5, 0.6) is 0 Å². The lowest BCUT2D eigenvalue weighted by Crippen LogP contribution is -2.25. The number of nitrogens with zero attached hydrogens (tertiary/aromatic N) is 3. The van der Waals surface area contributed by atoms with Crippen molar-refractivity contribution in [3.8, 4) is 0 Å². The highest BCUT2D eigenvalue weighted by molar-refractivity contribution is 5.83. The third-order valence-electron chi connectivity index (χ3n) is 3.71. The minimum absolute atomic E-state index is 0.0709. The summed E-state index contributed by atoms with van der Waals surface area (Å²) in [4.78, 5) is 9.16. The number of pyridine rings is 1. The molecule has 0 aliphatic rings. The second kappa shape index (κ2) is 5.66. The molecule has 0 aliphatic carbocycles. The van der Waals surface area contributed by atoms with Crippen molar-refractivity contribution < 1.29 is 0 Å². The van der Waals surface area contributed by atoms with Gasteiger partial charge in [-0.1, -0.05) is 25.1 Å². The lowest BCUT2D eigenvalue weighted by Gasteiger charge is -2.20. The Labute approximate surface area is 124 Å². The van der Waals surface area contributed by atoms with Crippen LogP contribution in [0.25, 0.3) is 10.9 Å². The fourth-order valence-electron chi connectivity index (χ4n) is 2.78. The maximum Gasteiger partial charge on any atom is 0.130 e. The van der Waals surface area contributed by atoms with Crippen LogP contribution in [0.15, 0.2) is 42.7 Å². The van der Waals surface area contributed by atoms with E-state index < -0.39 is 0 Å². The maximum absolute atomic E-state index is 4.63. The third kappa shape index (κ3) is 2.54. The van der Waals surface area contributed by atoms with E-state index in [-0.39, 0.29) is 6.04 Å². The lowest BCUT2D eigenvalue weighted by atomic mass is 10.00. The SMILES string of the molecule is CCNC(c1cc(C)nc2ccccc12)c1nccn1C. The Balaban J connectivity index is 2.22. The average Bonchev–Trinajstić information content (AvgIpc) is 2.90. The van der Waals surface area contributed by atoms with Gasteiger partial charge in [0.05, 0.1) is 11.6 Å². The Bertz CT molecular complexity index is 760.